The average Bonchev–Trinajstić information content (AvgIpc) is 2.60. The van der Waals surface area contributed by atoms with Crippen LogP contribution in [-0.4, -0.2) is 27.4 Å². The fraction of sp³-hybridized carbons (Fsp3) is 0.167. The van der Waals surface area contributed by atoms with E-state index in [0.717, 1.165) is 5.56 Å². The second kappa shape index (κ2) is 6.94. The van der Waals surface area contributed by atoms with E-state index < -0.39 is 11.2 Å². The highest BCUT2D eigenvalue weighted by Crippen LogP contribution is 2.16. The second-order valence-electron chi connectivity index (χ2n) is 5.70. The molecule has 1 heterocycles. The molecule has 1 aromatic heterocycles. The molecule has 7 heteroatoms. The van der Waals surface area contributed by atoms with Crippen LogP contribution in [0.2, 0.25) is 5.02 Å². The third-order valence-corrected chi connectivity index (χ3v) is 4.36. The molecule has 128 valence electrons. The lowest BCUT2D eigenvalue weighted by Crippen LogP contribution is -2.37. The number of rotatable bonds is 4. The van der Waals surface area contributed by atoms with E-state index in [4.69, 9.17) is 11.6 Å². The molecule has 0 unspecified atom stereocenters. The van der Waals surface area contributed by atoms with Gasteiger partial charge in [0, 0.05) is 18.6 Å². The normalized spacial score (nSPS) is 10.8. The molecule has 0 bridgehead atoms. The maximum atomic E-state index is 12.5. The lowest BCUT2D eigenvalue weighted by Gasteiger charge is -2.19. The topological polar surface area (TPSA) is 75.2 Å². The quantitative estimate of drug-likeness (QED) is 0.776. The van der Waals surface area contributed by atoms with Crippen molar-refractivity contribution < 1.29 is 4.79 Å². The highest BCUT2D eigenvalue weighted by molar-refractivity contribution is 6.31. The summed E-state index contributed by atoms with van der Waals surface area (Å²) < 4.78 is 1.27. The van der Waals surface area contributed by atoms with Crippen LogP contribution < -0.4 is 11.2 Å². The third-order valence-electron chi connectivity index (χ3n) is 3.99. The van der Waals surface area contributed by atoms with Crippen LogP contribution in [0, 0.1) is 0 Å². The largest absolute Gasteiger partial charge is 0.340 e. The summed E-state index contributed by atoms with van der Waals surface area (Å²) in [5, 5.41) is 0.942. The van der Waals surface area contributed by atoms with Gasteiger partial charge in [0.1, 0.15) is 6.54 Å². The van der Waals surface area contributed by atoms with Gasteiger partial charge in [-0.2, -0.15) is 0 Å². The SMILES string of the molecule is CN(Cc1ccccc1Cl)C(=O)Cn1c(=O)[nH]c(=O)c2ccccc21. The Morgan fingerprint density at radius 2 is 1.80 bits per heavy atom. The molecule has 0 radical (unpaired) electrons. The summed E-state index contributed by atoms with van der Waals surface area (Å²) in [6.45, 7) is 0.158. The number of nitrogens with one attached hydrogen (secondary N) is 1. The van der Waals surface area contributed by atoms with Gasteiger partial charge in [-0.15, -0.1) is 0 Å². The Morgan fingerprint density at radius 3 is 2.56 bits per heavy atom. The van der Waals surface area contributed by atoms with Gasteiger partial charge in [0.2, 0.25) is 5.91 Å². The molecular weight excluding hydrogens is 342 g/mol. The Morgan fingerprint density at radius 1 is 1.12 bits per heavy atom. The smallest absolute Gasteiger partial charge is 0.329 e. The van der Waals surface area contributed by atoms with Crippen LogP contribution in [0.4, 0.5) is 0 Å². The Hall–Kier alpha value is -2.86. The molecule has 0 saturated heterocycles. The van der Waals surface area contributed by atoms with Crippen molar-refractivity contribution in [2.45, 2.75) is 13.1 Å². The van der Waals surface area contributed by atoms with Crippen molar-refractivity contribution in [2.24, 2.45) is 0 Å². The van der Waals surface area contributed by atoms with Gasteiger partial charge < -0.3 is 4.90 Å². The van der Waals surface area contributed by atoms with Crippen molar-refractivity contribution in [1.82, 2.24) is 14.5 Å². The number of aromatic amines is 1. The Balaban J connectivity index is 1.89. The summed E-state index contributed by atoms with van der Waals surface area (Å²) in [6.07, 6.45) is 0. The van der Waals surface area contributed by atoms with E-state index in [-0.39, 0.29) is 12.5 Å². The van der Waals surface area contributed by atoms with E-state index in [9.17, 15) is 14.4 Å². The molecule has 1 amide bonds. The van der Waals surface area contributed by atoms with E-state index >= 15 is 0 Å². The molecular formula is C18H16ClN3O3. The summed E-state index contributed by atoms with van der Waals surface area (Å²) in [7, 11) is 1.64. The fourth-order valence-corrected chi connectivity index (χ4v) is 2.82. The summed E-state index contributed by atoms with van der Waals surface area (Å²) in [6, 6.07) is 13.9. The molecule has 0 fully saturated rings. The van der Waals surface area contributed by atoms with Crippen LogP contribution in [0.3, 0.4) is 0 Å². The number of nitrogens with zero attached hydrogens (tertiary/aromatic N) is 2. The predicted molar refractivity (Wildman–Crippen MR) is 96.8 cm³/mol. The van der Waals surface area contributed by atoms with Crippen LogP contribution >= 0.6 is 11.6 Å². The fourth-order valence-electron chi connectivity index (χ4n) is 2.63. The zero-order chi connectivity index (χ0) is 18.0. The molecule has 3 rings (SSSR count). The van der Waals surface area contributed by atoms with Gasteiger partial charge in [-0.05, 0) is 23.8 Å². The number of fused-ring (bicyclic) bond motifs is 1. The highest BCUT2D eigenvalue weighted by Gasteiger charge is 2.15. The van der Waals surface area contributed by atoms with E-state index in [0.29, 0.717) is 22.5 Å². The Kier molecular flexibility index (Phi) is 4.72. The number of halogens is 1. The number of amides is 1. The molecule has 0 aliphatic heterocycles. The molecule has 0 aliphatic rings. The standard InChI is InChI=1S/C18H16ClN3O3/c1-21(10-12-6-2-4-8-14(12)19)16(23)11-22-15-9-5-3-7-13(15)17(24)20-18(22)25/h2-9H,10-11H2,1H3,(H,20,24,25). The molecule has 6 nitrogen and oxygen atoms in total. The van der Waals surface area contributed by atoms with E-state index in [1.54, 1.807) is 37.4 Å². The molecule has 0 atom stereocenters. The van der Waals surface area contributed by atoms with Crippen molar-refractivity contribution in [3.8, 4) is 0 Å². The molecule has 0 spiro atoms. The minimum atomic E-state index is -0.608. The summed E-state index contributed by atoms with van der Waals surface area (Å²) in [4.78, 5) is 40.3. The minimum Gasteiger partial charge on any atom is -0.340 e. The number of H-pyrrole nitrogens is 1. The number of carbonyl (C=O) groups excluding carboxylic acids is 1. The van der Waals surface area contributed by atoms with Gasteiger partial charge in [-0.3, -0.25) is 19.1 Å². The van der Waals surface area contributed by atoms with Crippen LogP contribution in [0.5, 0.6) is 0 Å². The molecule has 3 aromatic rings. The number of aromatic nitrogens is 2. The first-order valence-electron chi connectivity index (χ1n) is 7.66. The Labute approximate surface area is 148 Å². The van der Waals surface area contributed by atoms with E-state index in [1.165, 1.54) is 9.47 Å². The number of carbonyl (C=O) groups is 1. The van der Waals surface area contributed by atoms with Gasteiger partial charge in [0.15, 0.2) is 0 Å². The predicted octanol–water partition coefficient (Wildman–Crippen LogP) is 2.00. The first-order chi connectivity index (χ1) is 12.0. The molecule has 1 N–H and O–H groups in total. The van der Waals surface area contributed by atoms with E-state index in [2.05, 4.69) is 4.98 Å². The average molecular weight is 358 g/mol. The summed E-state index contributed by atoms with van der Waals surface area (Å²) >= 11 is 6.12. The lowest BCUT2D eigenvalue weighted by atomic mass is 10.2. The maximum Gasteiger partial charge on any atom is 0.329 e. The van der Waals surface area contributed by atoms with Crippen molar-refractivity contribution >= 4 is 28.4 Å². The molecule has 0 saturated carbocycles. The Bertz CT molecular complexity index is 1060. The molecule has 2 aromatic carbocycles. The third kappa shape index (κ3) is 3.49. The van der Waals surface area contributed by atoms with E-state index in [1.807, 2.05) is 18.2 Å². The van der Waals surface area contributed by atoms with Crippen LogP contribution in [0.25, 0.3) is 10.9 Å². The van der Waals surface area contributed by atoms with Gasteiger partial charge in [0.25, 0.3) is 5.56 Å². The first-order valence-corrected chi connectivity index (χ1v) is 8.04. The van der Waals surface area contributed by atoms with Crippen molar-refractivity contribution in [2.75, 3.05) is 7.05 Å². The molecule has 0 aliphatic carbocycles. The van der Waals surface area contributed by atoms with Crippen LogP contribution in [-0.2, 0) is 17.9 Å². The lowest BCUT2D eigenvalue weighted by molar-refractivity contribution is -0.131. The zero-order valence-electron chi connectivity index (χ0n) is 13.5. The number of hydrogen-bond donors (Lipinski definition) is 1. The van der Waals surface area contributed by atoms with Gasteiger partial charge in [-0.1, -0.05) is 41.9 Å². The minimum absolute atomic E-state index is 0.170. The first kappa shape index (κ1) is 17.0. The highest BCUT2D eigenvalue weighted by atomic mass is 35.5. The molecule has 25 heavy (non-hydrogen) atoms. The maximum absolute atomic E-state index is 12.5. The van der Waals surface area contributed by atoms with Gasteiger partial charge in [0.05, 0.1) is 10.9 Å². The summed E-state index contributed by atoms with van der Waals surface area (Å²) in [5.74, 6) is -0.265. The zero-order valence-corrected chi connectivity index (χ0v) is 14.3. The number of hydrogen-bond acceptors (Lipinski definition) is 3. The van der Waals surface area contributed by atoms with Crippen molar-refractivity contribution in [3.05, 3.63) is 80.0 Å². The van der Waals surface area contributed by atoms with Gasteiger partial charge in [-0.25, -0.2) is 4.79 Å². The monoisotopic (exact) mass is 357 g/mol. The number of para-hydroxylation sites is 1. The number of benzene rings is 2. The number of likely N-dealkylation sites (N-methyl/N-ethyl adjacent to an activating group) is 1. The van der Waals surface area contributed by atoms with Crippen molar-refractivity contribution in [3.63, 3.8) is 0 Å². The second-order valence-corrected chi connectivity index (χ2v) is 6.11. The van der Waals surface area contributed by atoms with Gasteiger partial charge >= 0.3 is 5.69 Å². The van der Waals surface area contributed by atoms with Crippen molar-refractivity contribution in [1.29, 1.82) is 0 Å². The summed E-state index contributed by atoms with van der Waals surface area (Å²) in [5.41, 5.74) is 0.173. The van der Waals surface area contributed by atoms with Crippen LogP contribution in [0.15, 0.2) is 58.1 Å². The van der Waals surface area contributed by atoms with Crippen LogP contribution in [0.1, 0.15) is 5.56 Å².